The Bertz CT molecular complexity index is 725. The summed E-state index contributed by atoms with van der Waals surface area (Å²) in [5.74, 6) is -0.272. The van der Waals surface area contributed by atoms with Crippen molar-refractivity contribution in [2.45, 2.75) is 33.4 Å². The van der Waals surface area contributed by atoms with Gasteiger partial charge in [-0.25, -0.2) is 0 Å². The quantitative estimate of drug-likeness (QED) is 0.779. The first-order valence-electron chi connectivity index (χ1n) is 7.68. The number of methoxy groups -OCH3 is 1. The monoisotopic (exact) mass is 330 g/mol. The second kappa shape index (κ2) is 7.83. The van der Waals surface area contributed by atoms with Crippen molar-refractivity contribution < 1.29 is 14.3 Å². The third-order valence-corrected chi connectivity index (χ3v) is 3.74. The Kier molecular flexibility index (Phi) is 5.81. The highest BCUT2D eigenvalue weighted by molar-refractivity contribution is 5.96. The summed E-state index contributed by atoms with van der Waals surface area (Å²) < 4.78 is 6.71. The summed E-state index contributed by atoms with van der Waals surface area (Å²) >= 11 is 0. The van der Waals surface area contributed by atoms with Crippen LogP contribution in [-0.2, 0) is 16.1 Å². The summed E-state index contributed by atoms with van der Waals surface area (Å²) in [4.78, 5) is 28.3. The molecule has 128 valence electrons. The number of ketones is 1. The fraction of sp³-hybridized carbons (Fsp3) is 0.412. The predicted molar refractivity (Wildman–Crippen MR) is 88.7 cm³/mol. The SMILES string of the molecule is COC[C@H](NC(=O)Cn1nc(C)c(C(C)=O)c1C)c1ccccn1. The molecule has 2 aromatic heterocycles. The van der Waals surface area contributed by atoms with Crippen molar-refractivity contribution in [3.8, 4) is 0 Å². The lowest BCUT2D eigenvalue weighted by atomic mass is 10.1. The van der Waals surface area contributed by atoms with Gasteiger partial charge in [0.1, 0.15) is 6.54 Å². The lowest BCUT2D eigenvalue weighted by Crippen LogP contribution is -2.34. The van der Waals surface area contributed by atoms with E-state index in [1.807, 2.05) is 18.2 Å². The normalized spacial score (nSPS) is 12.0. The molecule has 2 aromatic rings. The molecule has 2 rings (SSSR count). The summed E-state index contributed by atoms with van der Waals surface area (Å²) in [7, 11) is 1.57. The minimum Gasteiger partial charge on any atom is -0.382 e. The molecule has 0 saturated carbocycles. The minimum atomic E-state index is -0.340. The average Bonchev–Trinajstić information content (AvgIpc) is 2.81. The van der Waals surface area contributed by atoms with Gasteiger partial charge in [-0.3, -0.25) is 19.3 Å². The minimum absolute atomic E-state index is 0.0347. The molecule has 7 heteroatoms. The molecule has 1 amide bonds. The van der Waals surface area contributed by atoms with Gasteiger partial charge in [0.05, 0.1) is 29.6 Å². The van der Waals surface area contributed by atoms with Crippen LogP contribution in [0.3, 0.4) is 0 Å². The van der Waals surface area contributed by atoms with E-state index in [1.165, 1.54) is 6.92 Å². The predicted octanol–water partition coefficient (Wildman–Crippen LogP) is 1.60. The highest BCUT2D eigenvalue weighted by atomic mass is 16.5. The number of hydrogen-bond acceptors (Lipinski definition) is 5. The van der Waals surface area contributed by atoms with Gasteiger partial charge in [0.15, 0.2) is 5.78 Å². The third-order valence-electron chi connectivity index (χ3n) is 3.74. The molecule has 0 saturated heterocycles. The number of rotatable bonds is 7. The van der Waals surface area contributed by atoms with E-state index in [4.69, 9.17) is 4.74 Å². The molecule has 0 aliphatic heterocycles. The highest BCUT2D eigenvalue weighted by Crippen LogP contribution is 2.14. The van der Waals surface area contributed by atoms with Crippen molar-refractivity contribution in [3.05, 3.63) is 47.0 Å². The van der Waals surface area contributed by atoms with Crippen LogP contribution in [0.1, 0.15) is 40.4 Å². The van der Waals surface area contributed by atoms with Crippen LogP contribution in [0, 0.1) is 13.8 Å². The van der Waals surface area contributed by atoms with E-state index in [0.717, 1.165) is 5.69 Å². The lowest BCUT2D eigenvalue weighted by Gasteiger charge is -2.17. The molecule has 0 aromatic carbocycles. The number of carbonyl (C=O) groups excluding carboxylic acids is 2. The van der Waals surface area contributed by atoms with E-state index in [2.05, 4.69) is 15.4 Å². The second-order valence-corrected chi connectivity index (χ2v) is 5.59. The Morgan fingerprint density at radius 2 is 2.08 bits per heavy atom. The first-order valence-corrected chi connectivity index (χ1v) is 7.68. The van der Waals surface area contributed by atoms with E-state index >= 15 is 0 Å². The molecule has 1 N–H and O–H groups in total. The maximum atomic E-state index is 12.4. The van der Waals surface area contributed by atoms with E-state index in [-0.39, 0.29) is 24.3 Å². The molecule has 1 atom stereocenters. The molecular formula is C17H22N4O3. The number of nitrogens with one attached hydrogen (secondary N) is 1. The van der Waals surface area contributed by atoms with Gasteiger partial charge < -0.3 is 10.1 Å². The van der Waals surface area contributed by atoms with E-state index in [0.29, 0.717) is 23.6 Å². The van der Waals surface area contributed by atoms with Crippen LogP contribution in [0.5, 0.6) is 0 Å². The largest absolute Gasteiger partial charge is 0.382 e. The van der Waals surface area contributed by atoms with E-state index < -0.39 is 0 Å². The summed E-state index contributed by atoms with van der Waals surface area (Å²) in [5.41, 5.74) is 2.62. The molecule has 0 radical (unpaired) electrons. The molecular weight excluding hydrogens is 308 g/mol. The molecule has 0 aliphatic rings. The molecule has 0 aliphatic carbocycles. The lowest BCUT2D eigenvalue weighted by molar-refractivity contribution is -0.123. The van der Waals surface area contributed by atoms with Crippen LogP contribution in [0.15, 0.2) is 24.4 Å². The molecule has 24 heavy (non-hydrogen) atoms. The standard InChI is InChI=1S/C17H22N4O3/c1-11-17(13(3)22)12(2)21(20-11)9-16(23)19-15(10-24-4)14-7-5-6-8-18-14/h5-8,15H,9-10H2,1-4H3,(H,19,23)/t15-/m0/s1. The Morgan fingerprint density at radius 1 is 1.33 bits per heavy atom. The van der Waals surface area contributed by atoms with Gasteiger partial charge in [-0.05, 0) is 32.9 Å². The highest BCUT2D eigenvalue weighted by Gasteiger charge is 2.19. The molecule has 0 unspecified atom stereocenters. The fourth-order valence-electron chi connectivity index (χ4n) is 2.69. The molecule has 0 spiro atoms. The summed E-state index contributed by atoms with van der Waals surface area (Å²) in [6, 6.07) is 5.17. The summed E-state index contributed by atoms with van der Waals surface area (Å²) in [6.45, 7) is 5.40. The maximum Gasteiger partial charge on any atom is 0.242 e. The van der Waals surface area contributed by atoms with Crippen LogP contribution in [0.4, 0.5) is 0 Å². The zero-order valence-corrected chi connectivity index (χ0v) is 14.4. The van der Waals surface area contributed by atoms with Crippen LogP contribution in [-0.4, -0.2) is 40.2 Å². The number of ether oxygens (including phenoxy) is 1. The average molecular weight is 330 g/mol. The Balaban J connectivity index is 2.12. The molecule has 0 bridgehead atoms. The van der Waals surface area contributed by atoms with Crippen molar-refractivity contribution in [2.75, 3.05) is 13.7 Å². The number of aromatic nitrogens is 3. The maximum absolute atomic E-state index is 12.4. The second-order valence-electron chi connectivity index (χ2n) is 5.59. The van der Waals surface area contributed by atoms with Crippen LogP contribution < -0.4 is 5.32 Å². The van der Waals surface area contributed by atoms with Gasteiger partial charge in [-0.15, -0.1) is 0 Å². The van der Waals surface area contributed by atoms with E-state index in [1.54, 1.807) is 31.8 Å². The Hall–Kier alpha value is -2.54. The molecule has 7 nitrogen and oxygen atoms in total. The van der Waals surface area contributed by atoms with Crippen LogP contribution in [0.25, 0.3) is 0 Å². The van der Waals surface area contributed by atoms with Gasteiger partial charge in [0, 0.05) is 19.0 Å². The van der Waals surface area contributed by atoms with Gasteiger partial charge in [0.2, 0.25) is 5.91 Å². The zero-order valence-electron chi connectivity index (χ0n) is 14.4. The van der Waals surface area contributed by atoms with Gasteiger partial charge >= 0.3 is 0 Å². The van der Waals surface area contributed by atoms with Crippen molar-refractivity contribution in [3.63, 3.8) is 0 Å². The van der Waals surface area contributed by atoms with Crippen molar-refractivity contribution >= 4 is 11.7 Å². The third kappa shape index (κ3) is 4.05. The molecule has 2 heterocycles. The van der Waals surface area contributed by atoms with Crippen LogP contribution in [0.2, 0.25) is 0 Å². The van der Waals surface area contributed by atoms with Crippen molar-refractivity contribution in [1.29, 1.82) is 0 Å². The first kappa shape index (κ1) is 17.8. The number of amides is 1. The fourth-order valence-corrected chi connectivity index (χ4v) is 2.69. The van der Waals surface area contributed by atoms with Gasteiger partial charge in [-0.1, -0.05) is 6.07 Å². The number of pyridine rings is 1. The summed E-state index contributed by atoms with van der Waals surface area (Å²) in [5, 5.41) is 7.18. The van der Waals surface area contributed by atoms with Crippen molar-refractivity contribution in [2.24, 2.45) is 0 Å². The molecule has 0 fully saturated rings. The summed E-state index contributed by atoms with van der Waals surface area (Å²) in [6.07, 6.45) is 1.67. The van der Waals surface area contributed by atoms with Crippen LogP contribution >= 0.6 is 0 Å². The first-order chi connectivity index (χ1) is 11.4. The topological polar surface area (TPSA) is 86.1 Å². The van der Waals surface area contributed by atoms with Crippen molar-refractivity contribution in [1.82, 2.24) is 20.1 Å². The number of carbonyl (C=O) groups is 2. The van der Waals surface area contributed by atoms with Gasteiger partial charge in [-0.2, -0.15) is 5.10 Å². The number of nitrogens with zero attached hydrogens (tertiary/aromatic N) is 3. The zero-order chi connectivity index (χ0) is 17.7. The van der Waals surface area contributed by atoms with Gasteiger partial charge in [0.25, 0.3) is 0 Å². The number of Topliss-reactive ketones (excluding diaryl/α,β-unsaturated/α-hetero) is 1. The number of hydrogen-bond donors (Lipinski definition) is 1. The van der Waals surface area contributed by atoms with E-state index in [9.17, 15) is 9.59 Å². The number of aryl methyl sites for hydroxylation is 1. The smallest absolute Gasteiger partial charge is 0.242 e. The Morgan fingerprint density at radius 3 is 2.62 bits per heavy atom. The Labute approximate surface area is 141 Å².